The first-order valence-electron chi connectivity index (χ1n) is 6.85. The lowest BCUT2D eigenvalue weighted by atomic mass is 10.1. The Morgan fingerprint density at radius 2 is 1.90 bits per heavy atom. The van der Waals surface area contributed by atoms with Crippen LogP contribution in [0.25, 0.3) is 16.9 Å². The number of fused-ring (bicyclic) bond motifs is 2. The summed E-state index contributed by atoms with van der Waals surface area (Å²) in [5.41, 5.74) is 10.4. The molecule has 0 saturated heterocycles. The standard InChI is InChI=1S/C16H15N3O2/c1-10-6-12(17)16-18-13(9-19(16)8-10)11-2-3-14-15(7-11)21-5-4-20-14/h2-3,6-9H,4-5,17H2,1H3. The van der Waals surface area contributed by atoms with Crippen molar-refractivity contribution in [3.63, 3.8) is 0 Å². The van der Waals surface area contributed by atoms with Gasteiger partial charge in [0.1, 0.15) is 13.2 Å². The number of benzene rings is 1. The van der Waals surface area contributed by atoms with Crippen molar-refractivity contribution in [3.8, 4) is 22.8 Å². The van der Waals surface area contributed by atoms with Crippen molar-refractivity contribution in [2.45, 2.75) is 6.92 Å². The molecular formula is C16H15N3O2. The molecule has 0 spiro atoms. The van der Waals surface area contributed by atoms with E-state index in [4.69, 9.17) is 15.2 Å². The van der Waals surface area contributed by atoms with E-state index >= 15 is 0 Å². The molecule has 2 aromatic heterocycles. The molecular weight excluding hydrogens is 266 g/mol. The molecule has 0 unspecified atom stereocenters. The number of nitrogens with two attached hydrogens (primary N) is 1. The maximum atomic E-state index is 6.03. The van der Waals surface area contributed by atoms with Gasteiger partial charge in [0.2, 0.25) is 0 Å². The second-order valence-electron chi connectivity index (χ2n) is 5.19. The van der Waals surface area contributed by atoms with Crippen LogP contribution in [0, 0.1) is 6.92 Å². The zero-order valence-corrected chi connectivity index (χ0v) is 11.7. The van der Waals surface area contributed by atoms with Crippen LogP contribution in [-0.2, 0) is 0 Å². The highest BCUT2D eigenvalue weighted by molar-refractivity contribution is 5.72. The highest BCUT2D eigenvalue weighted by Gasteiger charge is 2.14. The largest absolute Gasteiger partial charge is 0.486 e. The summed E-state index contributed by atoms with van der Waals surface area (Å²) >= 11 is 0. The van der Waals surface area contributed by atoms with E-state index in [-0.39, 0.29) is 0 Å². The molecule has 4 rings (SSSR count). The SMILES string of the molecule is Cc1cc(N)c2nc(-c3ccc4c(c3)OCCO4)cn2c1. The molecule has 0 amide bonds. The van der Waals surface area contributed by atoms with E-state index in [2.05, 4.69) is 4.98 Å². The third kappa shape index (κ3) is 1.98. The Morgan fingerprint density at radius 3 is 2.76 bits per heavy atom. The minimum absolute atomic E-state index is 0.577. The Kier molecular flexibility index (Phi) is 2.54. The molecule has 5 nitrogen and oxygen atoms in total. The average molecular weight is 281 g/mol. The number of nitrogen functional groups attached to an aromatic ring is 1. The first-order valence-corrected chi connectivity index (χ1v) is 6.85. The lowest BCUT2D eigenvalue weighted by Crippen LogP contribution is -2.15. The molecule has 3 aromatic rings. The van der Waals surface area contributed by atoms with Crippen molar-refractivity contribution < 1.29 is 9.47 Å². The van der Waals surface area contributed by atoms with Gasteiger partial charge in [-0.3, -0.25) is 0 Å². The second kappa shape index (κ2) is 4.41. The van der Waals surface area contributed by atoms with E-state index < -0.39 is 0 Å². The summed E-state index contributed by atoms with van der Waals surface area (Å²) in [6.07, 6.45) is 3.99. The van der Waals surface area contributed by atoms with E-state index in [1.807, 2.05) is 48.0 Å². The highest BCUT2D eigenvalue weighted by atomic mass is 16.6. The first kappa shape index (κ1) is 12.1. The number of hydrogen-bond acceptors (Lipinski definition) is 4. The molecule has 0 radical (unpaired) electrons. The van der Waals surface area contributed by atoms with Crippen molar-refractivity contribution in [3.05, 3.63) is 42.2 Å². The summed E-state index contributed by atoms with van der Waals surface area (Å²) in [4.78, 5) is 4.61. The van der Waals surface area contributed by atoms with Crippen LogP contribution in [0.2, 0.25) is 0 Å². The van der Waals surface area contributed by atoms with Gasteiger partial charge < -0.3 is 19.6 Å². The minimum atomic E-state index is 0.577. The summed E-state index contributed by atoms with van der Waals surface area (Å²) in [6, 6.07) is 7.79. The fourth-order valence-corrected chi connectivity index (χ4v) is 2.61. The Balaban J connectivity index is 1.84. The summed E-state index contributed by atoms with van der Waals surface area (Å²) < 4.78 is 13.1. The van der Waals surface area contributed by atoms with Gasteiger partial charge >= 0.3 is 0 Å². The molecule has 1 aliphatic heterocycles. The Bertz CT molecular complexity index is 839. The topological polar surface area (TPSA) is 61.8 Å². The van der Waals surface area contributed by atoms with Gasteiger partial charge in [0.25, 0.3) is 0 Å². The van der Waals surface area contributed by atoms with Gasteiger partial charge in [0.05, 0.1) is 11.4 Å². The van der Waals surface area contributed by atoms with Crippen LogP contribution < -0.4 is 15.2 Å². The zero-order chi connectivity index (χ0) is 14.4. The van der Waals surface area contributed by atoms with Crippen molar-refractivity contribution in [1.82, 2.24) is 9.38 Å². The predicted octanol–water partition coefficient (Wildman–Crippen LogP) is 2.66. The average Bonchev–Trinajstić information content (AvgIpc) is 2.91. The third-order valence-corrected chi connectivity index (χ3v) is 3.55. The van der Waals surface area contributed by atoms with Gasteiger partial charge in [0, 0.05) is 18.0 Å². The number of hydrogen-bond donors (Lipinski definition) is 1. The fraction of sp³-hybridized carbons (Fsp3) is 0.188. The van der Waals surface area contributed by atoms with E-state index in [9.17, 15) is 0 Å². The van der Waals surface area contributed by atoms with Crippen molar-refractivity contribution >= 4 is 11.3 Å². The molecule has 0 bridgehead atoms. The summed E-state index contributed by atoms with van der Waals surface area (Å²) in [6.45, 7) is 3.18. The van der Waals surface area contributed by atoms with Crippen LogP contribution >= 0.6 is 0 Å². The lowest BCUT2D eigenvalue weighted by molar-refractivity contribution is 0.171. The number of aryl methyl sites for hydroxylation is 1. The Labute approximate surface area is 121 Å². The molecule has 21 heavy (non-hydrogen) atoms. The summed E-state index contributed by atoms with van der Waals surface area (Å²) in [5, 5.41) is 0. The van der Waals surface area contributed by atoms with Crippen LogP contribution in [0.15, 0.2) is 36.7 Å². The normalized spacial score (nSPS) is 13.6. The lowest BCUT2D eigenvalue weighted by Gasteiger charge is -2.18. The zero-order valence-electron chi connectivity index (χ0n) is 11.7. The van der Waals surface area contributed by atoms with Crippen LogP contribution in [0.3, 0.4) is 0 Å². The van der Waals surface area contributed by atoms with E-state index in [1.165, 1.54) is 0 Å². The van der Waals surface area contributed by atoms with Gasteiger partial charge in [-0.1, -0.05) is 0 Å². The van der Waals surface area contributed by atoms with Gasteiger partial charge in [0.15, 0.2) is 17.1 Å². The number of aromatic nitrogens is 2. The van der Waals surface area contributed by atoms with Crippen LogP contribution in [0.4, 0.5) is 5.69 Å². The van der Waals surface area contributed by atoms with Crippen molar-refractivity contribution in [2.75, 3.05) is 18.9 Å². The smallest absolute Gasteiger partial charge is 0.162 e. The van der Waals surface area contributed by atoms with Crippen LogP contribution in [0.1, 0.15) is 5.56 Å². The summed E-state index contributed by atoms with van der Waals surface area (Å²) in [5.74, 6) is 1.55. The first-order chi connectivity index (χ1) is 10.2. The second-order valence-corrected chi connectivity index (χ2v) is 5.19. The molecule has 2 N–H and O–H groups in total. The molecule has 3 heterocycles. The molecule has 0 fully saturated rings. The molecule has 5 heteroatoms. The van der Waals surface area contributed by atoms with Gasteiger partial charge in [-0.25, -0.2) is 4.98 Å². The molecule has 0 atom stereocenters. The van der Waals surface area contributed by atoms with E-state index in [0.717, 1.165) is 34.0 Å². The van der Waals surface area contributed by atoms with Crippen LogP contribution in [-0.4, -0.2) is 22.6 Å². The number of nitrogens with zero attached hydrogens (tertiary/aromatic N) is 2. The molecule has 0 aliphatic carbocycles. The maximum Gasteiger partial charge on any atom is 0.162 e. The minimum Gasteiger partial charge on any atom is -0.486 e. The van der Waals surface area contributed by atoms with Crippen molar-refractivity contribution in [2.24, 2.45) is 0 Å². The van der Waals surface area contributed by atoms with Gasteiger partial charge in [-0.2, -0.15) is 0 Å². The van der Waals surface area contributed by atoms with E-state index in [1.54, 1.807) is 0 Å². The third-order valence-electron chi connectivity index (χ3n) is 3.55. The molecule has 1 aliphatic rings. The monoisotopic (exact) mass is 281 g/mol. The van der Waals surface area contributed by atoms with E-state index in [0.29, 0.717) is 18.9 Å². The van der Waals surface area contributed by atoms with Gasteiger partial charge in [-0.15, -0.1) is 0 Å². The number of rotatable bonds is 1. The molecule has 0 saturated carbocycles. The Hall–Kier alpha value is -2.69. The quantitative estimate of drug-likeness (QED) is 0.745. The Morgan fingerprint density at radius 1 is 1.10 bits per heavy atom. The maximum absolute atomic E-state index is 6.03. The summed E-state index contributed by atoms with van der Waals surface area (Å²) in [7, 11) is 0. The fourth-order valence-electron chi connectivity index (χ4n) is 2.61. The molecule has 1 aromatic carbocycles. The number of pyridine rings is 1. The van der Waals surface area contributed by atoms with Crippen LogP contribution in [0.5, 0.6) is 11.5 Å². The number of imidazole rings is 1. The highest BCUT2D eigenvalue weighted by Crippen LogP contribution is 2.34. The predicted molar refractivity (Wildman–Crippen MR) is 80.8 cm³/mol. The number of anilines is 1. The molecule has 106 valence electrons. The van der Waals surface area contributed by atoms with Crippen molar-refractivity contribution in [1.29, 1.82) is 0 Å². The number of ether oxygens (including phenoxy) is 2. The van der Waals surface area contributed by atoms with Gasteiger partial charge in [-0.05, 0) is 36.8 Å².